The van der Waals surface area contributed by atoms with Crippen molar-refractivity contribution in [2.24, 2.45) is 11.0 Å². The summed E-state index contributed by atoms with van der Waals surface area (Å²) in [5.74, 6) is 0.657. The lowest BCUT2D eigenvalue weighted by molar-refractivity contribution is -0.137. The Morgan fingerprint density at radius 1 is 1.33 bits per heavy atom. The van der Waals surface area contributed by atoms with Crippen LogP contribution in [-0.4, -0.2) is 17.7 Å². The lowest BCUT2D eigenvalue weighted by Gasteiger charge is -2.15. The molecule has 3 nitrogen and oxygen atoms in total. The fourth-order valence-corrected chi connectivity index (χ4v) is 1.15. The second-order valence-corrected chi connectivity index (χ2v) is 4.32. The molecule has 0 fully saturated rings. The summed E-state index contributed by atoms with van der Waals surface area (Å²) in [6, 6.07) is 2.30. The number of alkyl halides is 3. The molecule has 1 rings (SSSR count). The third kappa shape index (κ3) is 3.72. The Balaban J connectivity index is 2.89. The van der Waals surface area contributed by atoms with Gasteiger partial charge in [0, 0.05) is 19.0 Å². The molecule has 0 saturated carbocycles. The number of halogens is 3. The highest BCUT2D eigenvalue weighted by Gasteiger charge is 2.30. The molecule has 0 atom stereocenters. The maximum absolute atomic E-state index is 12.4. The van der Waals surface area contributed by atoms with E-state index in [-0.39, 0.29) is 5.92 Å². The van der Waals surface area contributed by atoms with Crippen molar-refractivity contribution >= 4 is 11.5 Å². The van der Waals surface area contributed by atoms with Crippen molar-refractivity contribution < 1.29 is 13.2 Å². The summed E-state index contributed by atoms with van der Waals surface area (Å²) in [7, 11) is 1.65. The van der Waals surface area contributed by atoms with Gasteiger partial charge >= 0.3 is 6.18 Å². The van der Waals surface area contributed by atoms with Gasteiger partial charge in [-0.25, -0.2) is 4.98 Å². The molecule has 100 valence electrons. The smallest absolute Gasteiger partial charge is 0.251 e. The van der Waals surface area contributed by atoms with Crippen molar-refractivity contribution in [2.45, 2.75) is 26.9 Å². The maximum Gasteiger partial charge on any atom is 0.417 e. The van der Waals surface area contributed by atoms with Gasteiger partial charge in [-0.05, 0) is 25.0 Å². The molecule has 1 aromatic heterocycles. The van der Waals surface area contributed by atoms with Crippen LogP contribution in [-0.2, 0) is 6.18 Å². The van der Waals surface area contributed by atoms with Crippen LogP contribution in [0.3, 0.4) is 0 Å². The second-order valence-electron chi connectivity index (χ2n) is 4.32. The van der Waals surface area contributed by atoms with E-state index in [0.29, 0.717) is 5.82 Å². The zero-order chi connectivity index (χ0) is 13.9. The largest absolute Gasteiger partial charge is 0.417 e. The van der Waals surface area contributed by atoms with E-state index in [0.717, 1.165) is 18.0 Å². The van der Waals surface area contributed by atoms with Crippen molar-refractivity contribution in [1.82, 2.24) is 4.98 Å². The zero-order valence-corrected chi connectivity index (χ0v) is 10.8. The molecule has 0 N–H and O–H groups in total. The number of nitrogens with zero attached hydrogens (tertiary/aromatic N) is 3. The first-order valence-corrected chi connectivity index (χ1v) is 5.54. The van der Waals surface area contributed by atoms with Crippen molar-refractivity contribution in [3.8, 4) is 0 Å². The van der Waals surface area contributed by atoms with Gasteiger partial charge in [0.15, 0.2) is 0 Å². The second kappa shape index (κ2) is 5.37. The van der Waals surface area contributed by atoms with E-state index in [9.17, 15) is 13.2 Å². The highest BCUT2D eigenvalue weighted by molar-refractivity contribution is 5.84. The minimum atomic E-state index is -4.36. The minimum absolute atomic E-state index is 0.280. The van der Waals surface area contributed by atoms with Gasteiger partial charge in [0.1, 0.15) is 5.82 Å². The first-order chi connectivity index (χ1) is 8.21. The number of hydrogen-bond donors (Lipinski definition) is 0. The van der Waals surface area contributed by atoms with Crippen LogP contribution in [0.5, 0.6) is 0 Å². The van der Waals surface area contributed by atoms with E-state index >= 15 is 0 Å². The topological polar surface area (TPSA) is 28.5 Å². The Kier molecular flexibility index (Phi) is 4.32. The summed E-state index contributed by atoms with van der Waals surface area (Å²) in [6.45, 7) is 5.85. The lowest BCUT2D eigenvalue weighted by atomic mass is 10.1. The number of hydrazone groups is 1. The van der Waals surface area contributed by atoms with Gasteiger partial charge in [-0.1, -0.05) is 13.8 Å². The quantitative estimate of drug-likeness (QED) is 0.613. The van der Waals surface area contributed by atoms with Crippen LogP contribution in [0.25, 0.3) is 0 Å². The van der Waals surface area contributed by atoms with Gasteiger partial charge in [0.05, 0.1) is 5.56 Å². The third-order valence-corrected chi connectivity index (χ3v) is 2.55. The first kappa shape index (κ1) is 14.5. The number of pyridine rings is 1. The van der Waals surface area contributed by atoms with E-state index < -0.39 is 11.7 Å². The molecule has 0 aliphatic carbocycles. The molecule has 0 amide bonds. The molecule has 0 bridgehead atoms. The van der Waals surface area contributed by atoms with Gasteiger partial charge in [0.25, 0.3) is 0 Å². The van der Waals surface area contributed by atoms with E-state index in [4.69, 9.17) is 0 Å². The molecule has 1 aromatic rings. The summed E-state index contributed by atoms with van der Waals surface area (Å²) in [5.41, 5.74) is 0.128. The third-order valence-electron chi connectivity index (χ3n) is 2.55. The molecule has 0 aromatic carbocycles. The van der Waals surface area contributed by atoms with E-state index in [1.54, 1.807) is 7.05 Å². The summed E-state index contributed by atoms with van der Waals surface area (Å²) in [6.07, 6.45) is -3.55. The predicted octanol–water partition coefficient (Wildman–Crippen LogP) is 3.57. The number of aromatic nitrogens is 1. The normalized spacial score (nSPS) is 13.0. The Morgan fingerprint density at radius 2 is 1.94 bits per heavy atom. The molecule has 0 saturated heterocycles. The molecule has 0 unspecified atom stereocenters. The van der Waals surface area contributed by atoms with E-state index in [2.05, 4.69) is 10.1 Å². The molecular weight excluding hydrogens is 243 g/mol. The van der Waals surface area contributed by atoms with Gasteiger partial charge in [-0.2, -0.15) is 18.3 Å². The minimum Gasteiger partial charge on any atom is -0.251 e. The van der Waals surface area contributed by atoms with Crippen molar-refractivity contribution in [3.05, 3.63) is 23.9 Å². The predicted molar refractivity (Wildman–Crippen MR) is 65.6 cm³/mol. The van der Waals surface area contributed by atoms with Crippen LogP contribution < -0.4 is 5.01 Å². The Hall–Kier alpha value is -1.59. The summed E-state index contributed by atoms with van der Waals surface area (Å²) >= 11 is 0. The molecular formula is C12H16F3N3. The van der Waals surface area contributed by atoms with Gasteiger partial charge in [-0.15, -0.1) is 0 Å². The van der Waals surface area contributed by atoms with Crippen molar-refractivity contribution in [3.63, 3.8) is 0 Å². The van der Waals surface area contributed by atoms with Crippen molar-refractivity contribution in [1.29, 1.82) is 0 Å². The average molecular weight is 259 g/mol. The SMILES string of the molecule is CC(=NN(C)c1ccc(C(F)(F)F)cn1)C(C)C. The molecule has 0 aliphatic rings. The van der Waals surface area contributed by atoms with Crippen LogP contribution in [0.4, 0.5) is 19.0 Å². The van der Waals surface area contributed by atoms with E-state index in [1.165, 1.54) is 11.1 Å². The van der Waals surface area contributed by atoms with Gasteiger partial charge in [-0.3, -0.25) is 5.01 Å². The molecule has 0 radical (unpaired) electrons. The summed E-state index contributed by atoms with van der Waals surface area (Å²) in [5, 5.41) is 5.71. The summed E-state index contributed by atoms with van der Waals surface area (Å²) in [4.78, 5) is 3.76. The summed E-state index contributed by atoms with van der Waals surface area (Å²) < 4.78 is 37.1. The fourth-order valence-electron chi connectivity index (χ4n) is 1.15. The zero-order valence-electron chi connectivity index (χ0n) is 10.8. The lowest BCUT2D eigenvalue weighted by Crippen LogP contribution is -2.16. The monoisotopic (exact) mass is 259 g/mol. The highest BCUT2D eigenvalue weighted by atomic mass is 19.4. The molecule has 0 aliphatic heterocycles. The number of anilines is 1. The van der Waals surface area contributed by atoms with Gasteiger partial charge < -0.3 is 0 Å². The standard InChI is InChI=1S/C12H16F3N3/c1-8(2)9(3)17-18(4)11-6-5-10(7-16-11)12(13,14)15/h5-8H,1-4H3. The fraction of sp³-hybridized carbons (Fsp3) is 0.500. The average Bonchev–Trinajstić information content (AvgIpc) is 2.27. The number of rotatable bonds is 3. The van der Waals surface area contributed by atoms with Crippen LogP contribution in [0.15, 0.2) is 23.4 Å². The Bertz CT molecular complexity index is 421. The Labute approximate surface area is 104 Å². The van der Waals surface area contributed by atoms with Crippen LogP contribution in [0.2, 0.25) is 0 Å². The van der Waals surface area contributed by atoms with Crippen LogP contribution >= 0.6 is 0 Å². The highest BCUT2D eigenvalue weighted by Crippen LogP contribution is 2.29. The maximum atomic E-state index is 12.4. The Morgan fingerprint density at radius 3 is 2.33 bits per heavy atom. The van der Waals surface area contributed by atoms with Crippen molar-refractivity contribution in [2.75, 3.05) is 12.1 Å². The van der Waals surface area contributed by atoms with E-state index in [1.807, 2.05) is 20.8 Å². The molecule has 18 heavy (non-hydrogen) atoms. The number of hydrogen-bond acceptors (Lipinski definition) is 3. The van der Waals surface area contributed by atoms with Gasteiger partial charge in [0.2, 0.25) is 0 Å². The first-order valence-electron chi connectivity index (χ1n) is 5.54. The molecule has 0 spiro atoms. The van der Waals surface area contributed by atoms with Crippen LogP contribution in [0.1, 0.15) is 26.3 Å². The molecule has 1 heterocycles. The molecule has 6 heteroatoms. The van der Waals surface area contributed by atoms with Crippen LogP contribution in [0, 0.1) is 5.92 Å².